The van der Waals surface area contributed by atoms with E-state index in [1.165, 1.54) is 11.3 Å². The van der Waals surface area contributed by atoms with Crippen molar-refractivity contribution in [2.24, 2.45) is 0 Å². The van der Waals surface area contributed by atoms with Crippen LogP contribution in [0.3, 0.4) is 0 Å². The van der Waals surface area contributed by atoms with Gasteiger partial charge in [0.1, 0.15) is 10.7 Å². The predicted octanol–water partition coefficient (Wildman–Crippen LogP) is 1.80. The number of aryl methyl sites for hydroxylation is 2. The van der Waals surface area contributed by atoms with Crippen LogP contribution in [0.25, 0.3) is 10.2 Å². The summed E-state index contributed by atoms with van der Waals surface area (Å²) in [6, 6.07) is 0. The SMILES string of the molecule is Cc1c(C(=O)NC2(C)CCS(=O)(=O)C2)sc2nc3n(c(=O)c12)CCCCC3. The Morgan fingerprint density at radius 1 is 1.30 bits per heavy atom. The molecule has 9 heteroatoms. The van der Waals surface area contributed by atoms with Gasteiger partial charge >= 0.3 is 0 Å². The molecule has 2 aliphatic heterocycles. The molecule has 1 amide bonds. The Morgan fingerprint density at radius 2 is 2.07 bits per heavy atom. The molecule has 27 heavy (non-hydrogen) atoms. The van der Waals surface area contributed by atoms with Crippen LogP contribution in [0.2, 0.25) is 0 Å². The molecule has 4 heterocycles. The average Bonchev–Trinajstić information content (AvgIpc) is 2.93. The van der Waals surface area contributed by atoms with Gasteiger partial charge in [-0.05, 0) is 38.7 Å². The highest BCUT2D eigenvalue weighted by atomic mass is 32.2. The Balaban J connectivity index is 1.73. The van der Waals surface area contributed by atoms with Crippen LogP contribution >= 0.6 is 11.3 Å². The molecule has 7 nitrogen and oxygen atoms in total. The third-order valence-corrected chi connectivity index (χ3v) is 8.62. The highest BCUT2D eigenvalue weighted by molar-refractivity contribution is 7.91. The molecule has 1 atom stereocenters. The Kier molecular flexibility index (Phi) is 4.42. The lowest BCUT2D eigenvalue weighted by Gasteiger charge is -2.23. The summed E-state index contributed by atoms with van der Waals surface area (Å²) >= 11 is 1.22. The maximum absolute atomic E-state index is 13.0. The van der Waals surface area contributed by atoms with Crippen LogP contribution in [0.15, 0.2) is 4.79 Å². The average molecular weight is 410 g/mol. The van der Waals surface area contributed by atoms with E-state index in [9.17, 15) is 18.0 Å². The largest absolute Gasteiger partial charge is 0.345 e. The molecule has 2 aliphatic rings. The molecular weight excluding hydrogens is 386 g/mol. The number of sulfone groups is 1. The van der Waals surface area contributed by atoms with Crippen molar-refractivity contribution in [2.75, 3.05) is 11.5 Å². The Bertz CT molecular complexity index is 1100. The van der Waals surface area contributed by atoms with E-state index in [1.54, 1.807) is 18.4 Å². The van der Waals surface area contributed by atoms with Gasteiger partial charge < -0.3 is 5.32 Å². The van der Waals surface area contributed by atoms with Gasteiger partial charge in [0.15, 0.2) is 9.84 Å². The minimum absolute atomic E-state index is 0.0507. The van der Waals surface area contributed by atoms with Crippen molar-refractivity contribution >= 4 is 37.3 Å². The molecule has 0 bridgehead atoms. The second-order valence-electron chi connectivity index (χ2n) is 7.89. The Hall–Kier alpha value is -1.74. The highest BCUT2D eigenvalue weighted by Gasteiger charge is 2.40. The molecule has 0 spiro atoms. The van der Waals surface area contributed by atoms with Gasteiger partial charge in [-0.2, -0.15) is 0 Å². The first-order valence-corrected chi connectivity index (χ1v) is 11.9. The van der Waals surface area contributed by atoms with Crippen LogP contribution in [0.1, 0.15) is 53.7 Å². The van der Waals surface area contributed by atoms with Gasteiger partial charge in [0.05, 0.1) is 27.3 Å². The zero-order valence-electron chi connectivity index (χ0n) is 15.5. The van der Waals surface area contributed by atoms with E-state index < -0.39 is 15.4 Å². The number of aromatic nitrogens is 2. The van der Waals surface area contributed by atoms with Crippen molar-refractivity contribution in [1.29, 1.82) is 0 Å². The monoisotopic (exact) mass is 409 g/mol. The molecular formula is C18H23N3O4S2. The third-order valence-electron chi connectivity index (χ3n) is 5.54. The molecule has 1 N–H and O–H groups in total. The van der Waals surface area contributed by atoms with Crippen LogP contribution in [0, 0.1) is 6.92 Å². The summed E-state index contributed by atoms with van der Waals surface area (Å²) in [6.45, 7) is 4.20. The first kappa shape index (κ1) is 18.6. The minimum Gasteiger partial charge on any atom is -0.345 e. The standard InChI is InChI=1S/C18H23N3O4S2/c1-11-13-16(19-12-6-4-3-5-8-21(12)17(13)23)26-14(11)15(22)20-18(2)7-9-27(24,25)10-18/h3-10H2,1-2H3,(H,20,22). The summed E-state index contributed by atoms with van der Waals surface area (Å²) in [5, 5.41) is 3.40. The van der Waals surface area contributed by atoms with Crippen molar-refractivity contribution in [3.63, 3.8) is 0 Å². The van der Waals surface area contributed by atoms with E-state index in [2.05, 4.69) is 10.3 Å². The molecule has 0 aliphatic carbocycles. The number of carbonyl (C=O) groups is 1. The fraction of sp³-hybridized carbons (Fsp3) is 0.611. The number of fused-ring (bicyclic) bond motifs is 2. The molecule has 1 saturated heterocycles. The second-order valence-corrected chi connectivity index (χ2v) is 11.1. The minimum atomic E-state index is -3.11. The summed E-state index contributed by atoms with van der Waals surface area (Å²) in [5.41, 5.74) is -0.202. The van der Waals surface area contributed by atoms with Crippen molar-refractivity contribution in [2.45, 2.75) is 58.0 Å². The van der Waals surface area contributed by atoms with Crippen LogP contribution in [0.5, 0.6) is 0 Å². The molecule has 0 aromatic carbocycles. The van der Waals surface area contributed by atoms with Crippen molar-refractivity contribution in [3.8, 4) is 0 Å². The van der Waals surface area contributed by atoms with Gasteiger partial charge in [0, 0.05) is 13.0 Å². The summed E-state index contributed by atoms with van der Waals surface area (Å²) < 4.78 is 25.3. The Morgan fingerprint density at radius 3 is 2.78 bits per heavy atom. The molecule has 2 aromatic rings. The van der Waals surface area contributed by atoms with Gasteiger partial charge in [-0.15, -0.1) is 11.3 Å². The smallest absolute Gasteiger partial charge is 0.262 e. The van der Waals surface area contributed by atoms with Gasteiger partial charge in [0.25, 0.3) is 11.5 Å². The summed E-state index contributed by atoms with van der Waals surface area (Å²) in [7, 11) is -3.11. The topological polar surface area (TPSA) is 98.1 Å². The molecule has 1 fully saturated rings. The summed E-state index contributed by atoms with van der Waals surface area (Å²) in [4.78, 5) is 31.6. The van der Waals surface area contributed by atoms with Crippen LogP contribution in [0.4, 0.5) is 0 Å². The number of carbonyl (C=O) groups excluding carboxylic acids is 1. The van der Waals surface area contributed by atoms with Gasteiger partial charge in [-0.3, -0.25) is 14.2 Å². The van der Waals surface area contributed by atoms with Crippen LogP contribution < -0.4 is 10.9 Å². The lowest BCUT2D eigenvalue weighted by molar-refractivity contribution is 0.0919. The Labute approximate surface area is 161 Å². The number of nitrogens with one attached hydrogen (secondary N) is 1. The van der Waals surface area contributed by atoms with Crippen molar-refractivity contribution in [3.05, 3.63) is 26.6 Å². The molecule has 4 rings (SSSR count). The van der Waals surface area contributed by atoms with E-state index >= 15 is 0 Å². The summed E-state index contributed by atoms with van der Waals surface area (Å²) in [6.07, 6.45) is 4.25. The number of hydrogen-bond acceptors (Lipinski definition) is 6. The number of nitrogens with zero attached hydrogens (tertiary/aromatic N) is 2. The maximum Gasteiger partial charge on any atom is 0.262 e. The van der Waals surface area contributed by atoms with E-state index in [-0.39, 0.29) is 23.0 Å². The number of thiophene rings is 1. The maximum atomic E-state index is 13.0. The number of amides is 1. The highest BCUT2D eigenvalue weighted by Crippen LogP contribution is 2.30. The lowest BCUT2D eigenvalue weighted by atomic mass is 10.0. The van der Waals surface area contributed by atoms with E-state index in [4.69, 9.17) is 0 Å². The number of rotatable bonds is 2. The first-order chi connectivity index (χ1) is 12.7. The van der Waals surface area contributed by atoms with Gasteiger partial charge in [-0.25, -0.2) is 13.4 Å². The van der Waals surface area contributed by atoms with E-state index in [1.807, 2.05) is 0 Å². The predicted molar refractivity (Wildman–Crippen MR) is 105 cm³/mol. The third kappa shape index (κ3) is 3.31. The summed E-state index contributed by atoms with van der Waals surface area (Å²) in [5.74, 6) is 0.511. The van der Waals surface area contributed by atoms with Crippen molar-refractivity contribution < 1.29 is 13.2 Å². The van der Waals surface area contributed by atoms with Crippen molar-refractivity contribution in [1.82, 2.24) is 14.9 Å². The molecule has 1 unspecified atom stereocenters. The fourth-order valence-corrected chi connectivity index (χ4v) is 7.25. The molecule has 2 aromatic heterocycles. The molecule has 146 valence electrons. The van der Waals surface area contributed by atoms with E-state index in [0.29, 0.717) is 33.6 Å². The van der Waals surface area contributed by atoms with E-state index in [0.717, 1.165) is 31.5 Å². The first-order valence-electron chi connectivity index (χ1n) is 9.25. The van der Waals surface area contributed by atoms with Crippen LogP contribution in [-0.2, 0) is 22.8 Å². The quantitative estimate of drug-likeness (QED) is 0.816. The fourth-order valence-electron chi connectivity index (χ4n) is 4.07. The molecule has 0 saturated carbocycles. The lowest BCUT2D eigenvalue weighted by Crippen LogP contribution is -2.46. The second kappa shape index (κ2) is 6.41. The van der Waals surface area contributed by atoms with Crippen LogP contribution in [-0.4, -0.2) is 40.9 Å². The zero-order valence-corrected chi connectivity index (χ0v) is 17.1. The normalized spacial score (nSPS) is 24.5. The van der Waals surface area contributed by atoms with Gasteiger partial charge in [0.2, 0.25) is 0 Å². The zero-order chi connectivity index (χ0) is 19.4. The number of hydrogen-bond donors (Lipinski definition) is 1. The van der Waals surface area contributed by atoms with Gasteiger partial charge in [-0.1, -0.05) is 6.42 Å². The molecule has 0 radical (unpaired) electrons.